The minimum absolute atomic E-state index is 0.0656. The Morgan fingerprint density at radius 1 is 1.48 bits per heavy atom. The second-order valence-electron chi connectivity index (χ2n) is 5.87. The van der Waals surface area contributed by atoms with Gasteiger partial charge >= 0.3 is 0 Å². The number of aromatic nitrogens is 1. The van der Waals surface area contributed by atoms with Crippen LogP contribution in [-0.4, -0.2) is 33.9 Å². The summed E-state index contributed by atoms with van der Waals surface area (Å²) in [5, 5.41) is 14.0. The van der Waals surface area contributed by atoms with Gasteiger partial charge in [-0.05, 0) is 35.2 Å². The van der Waals surface area contributed by atoms with E-state index < -0.39 is 4.92 Å². The number of carbonyl (C=O) groups is 1. The molecule has 23 heavy (non-hydrogen) atoms. The van der Waals surface area contributed by atoms with Crippen LogP contribution < -0.4 is 21.9 Å². The number of amides is 1. The van der Waals surface area contributed by atoms with Crippen molar-refractivity contribution in [3.8, 4) is 0 Å². The lowest BCUT2D eigenvalue weighted by Gasteiger charge is -2.33. The normalized spacial score (nSPS) is 29.8. The van der Waals surface area contributed by atoms with Gasteiger partial charge in [-0.15, -0.1) is 0 Å². The van der Waals surface area contributed by atoms with Crippen LogP contribution >= 0.6 is 15.9 Å². The number of hydrazine groups is 1. The van der Waals surface area contributed by atoms with E-state index in [-0.39, 0.29) is 35.6 Å². The number of primary amides is 1. The molecule has 2 heterocycles. The molecule has 10 heteroatoms. The number of nitrogens with one attached hydrogen (secondary N) is 3. The fraction of sp³-hybridized carbons (Fsp3) is 0.538. The van der Waals surface area contributed by atoms with Crippen molar-refractivity contribution in [3.05, 3.63) is 26.9 Å². The molecule has 0 aromatic carbocycles. The van der Waals surface area contributed by atoms with Gasteiger partial charge in [0.05, 0.1) is 9.40 Å². The molecule has 0 spiro atoms. The van der Waals surface area contributed by atoms with E-state index in [4.69, 9.17) is 5.73 Å². The summed E-state index contributed by atoms with van der Waals surface area (Å²) in [6.45, 7) is 0. The molecule has 1 amide bonds. The van der Waals surface area contributed by atoms with Crippen LogP contribution in [0.3, 0.4) is 0 Å². The molecule has 1 saturated heterocycles. The number of nitrogens with zero attached hydrogens (tertiary/aromatic N) is 2. The van der Waals surface area contributed by atoms with Crippen molar-refractivity contribution >= 4 is 33.3 Å². The van der Waals surface area contributed by atoms with E-state index in [1.807, 2.05) is 0 Å². The topological polar surface area (TPSA) is 135 Å². The summed E-state index contributed by atoms with van der Waals surface area (Å²) in [4.78, 5) is 25.9. The quantitative estimate of drug-likeness (QED) is 0.442. The summed E-state index contributed by atoms with van der Waals surface area (Å²) >= 11 is 3.31. The highest BCUT2D eigenvalue weighted by Crippen LogP contribution is 2.33. The zero-order valence-electron chi connectivity index (χ0n) is 12.2. The molecular weight excluding hydrogens is 368 g/mol. The van der Waals surface area contributed by atoms with Crippen LogP contribution in [-0.2, 0) is 4.79 Å². The lowest BCUT2D eigenvalue weighted by molar-refractivity contribution is -0.385. The summed E-state index contributed by atoms with van der Waals surface area (Å²) in [5.74, 6) is 0.324. The van der Waals surface area contributed by atoms with Gasteiger partial charge in [-0.1, -0.05) is 0 Å². The van der Waals surface area contributed by atoms with Crippen molar-refractivity contribution in [2.75, 3.05) is 5.32 Å². The van der Waals surface area contributed by atoms with E-state index in [0.717, 1.165) is 19.3 Å². The maximum atomic E-state index is 11.5. The molecule has 1 aromatic rings. The second-order valence-corrected chi connectivity index (χ2v) is 6.73. The van der Waals surface area contributed by atoms with E-state index in [9.17, 15) is 14.9 Å². The molecule has 124 valence electrons. The fourth-order valence-corrected chi connectivity index (χ4v) is 3.75. The van der Waals surface area contributed by atoms with Crippen LogP contribution in [0.15, 0.2) is 16.7 Å². The first-order chi connectivity index (χ1) is 11.0. The summed E-state index contributed by atoms with van der Waals surface area (Å²) in [6, 6.07) is 1.41. The Balaban J connectivity index is 1.69. The number of rotatable bonds is 4. The van der Waals surface area contributed by atoms with Crippen LogP contribution in [0.4, 0.5) is 11.5 Å². The van der Waals surface area contributed by atoms with Crippen molar-refractivity contribution in [2.24, 2.45) is 11.7 Å². The Hall–Kier alpha value is -1.78. The molecule has 1 saturated carbocycles. The van der Waals surface area contributed by atoms with Gasteiger partial charge in [0.2, 0.25) is 5.91 Å². The summed E-state index contributed by atoms with van der Waals surface area (Å²) < 4.78 is 0.544. The van der Waals surface area contributed by atoms with E-state index in [2.05, 4.69) is 37.1 Å². The van der Waals surface area contributed by atoms with Gasteiger partial charge in [0.1, 0.15) is 18.1 Å². The lowest BCUT2D eigenvalue weighted by Crippen LogP contribution is -2.44. The average molecular weight is 385 g/mol. The predicted molar refractivity (Wildman–Crippen MR) is 86.4 cm³/mol. The third-order valence-corrected chi connectivity index (χ3v) is 5.04. The summed E-state index contributed by atoms with van der Waals surface area (Å²) in [7, 11) is 0. The third kappa shape index (κ3) is 3.28. The minimum atomic E-state index is -0.486. The lowest BCUT2D eigenvalue weighted by atomic mass is 9.79. The number of pyridine rings is 1. The van der Waals surface area contributed by atoms with E-state index in [1.165, 1.54) is 12.3 Å². The zero-order valence-corrected chi connectivity index (χ0v) is 13.7. The van der Waals surface area contributed by atoms with Crippen molar-refractivity contribution in [1.29, 1.82) is 0 Å². The highest BCUT2D eigenvalue weighted by Gasteiger charge is 2.42. The molecule has 0 bridgehead atoms. The smallest absolute Gasteiger partial charge is 0.288 e. The molecule has 9 nitrogen and oxygen atoms in total. The standard InChI is InChI=1S/C13H17BrN6O3/c14-9-4-7(20(22)23)5-16-13(9)17-6-1-2-10-8(3-6)11(12(15)21)19-18-10/h4-6,8,10-11,18-19H,1-3H2,(H2,15,21)(H,16,17). The largest absolute Gasteiger partial charge is 0.368 e. The highest BCUT2D eigenvalue weighted by molar-refractivity contribution is 9.10. The molecule has 2 fully saturated rings. The molecule has 1 aliphatic carbocycles. The number of nitrogens with two attached hydrogens (primary N) is 1. The third-order valence-electron chi connectivity index (χ3n) is 4.44. The Morgan fingerprint density at radius 3 is 2.91 bits per heavy atom. The molecule has 5 N–H and O–H groups in total. The van der Waals surface area contributed by atoms with Gasteiger partial charge < -0.3 is 11.1 Å². The molecular formula is C13H17BrN6O3. The number of nitro groups is 1. The number of carbonyl (C=O) groups excluding carboxylic acids is 1. The fourth-order valence-electron chi connectivity index (χ4n) is 3.30. The van der Waals surface area contributed by atoms with Crippen molar-refractivity contribution in [2.45, 2.75) is 37.4 Å². The summed E-state index contributed by atoms with van der Waals surface area (Å²) in [5.41, 5.74) is 11.4. The van der Waals surface area contributed by atoms with Crippen molar-refractivity contribution in [1.82, 2.24) is 15.8 Å². The number of halogens is 1. The zero-order chi connectivity index (χ0) is 16.6. The van der Waals surface area contributed by atoms with Gasteiger partial charge in [0.25, 0.3) is 5.69 Å². The molecule has 4 unspecified atom stereocenters. The Bertz CT molecular complexity index is 642. The van der Waals surface area contributed by atoms with Crippen LogP contribution in [0.1, 0.15) is 19.3 Å². The van der Waals surface area contributed by atoms with E-state index in [0.29, 0.717) is 10.3 Å². The van der Waals surface area contributed by atoms with Gasteiger partial charge in [0, 0.05) is 24.1 Å². The molecule has 0 radical (unpaired) electrons. The van der Waals surface area contributed by atoms with Gasteiger partial charge in [-0.2, -0.15) is 0 Å². The predicted octanol–water partition coefficient (Wildman–Crippen LogP) is 0.663. The van der Waals surface area contributed by atoms with Crippen LogP contribution in [0.5, 0.6) is 0 Å². The second kappa shape index (κ2) is 6.38. The van der Waals surface area contributed by atoms with Crippen LogP contribution in [0.25, 0.3) is 0 Å². The van der Waals surface area contributed by atoms with E-state index >= 15 is 0 Å². The van der Waals surface area contributed by atoms with Gasteiger partial charge in [-0.25, -0.2) is 10.4 Å². The van der Waals surface area contributed by atoms with E-state index in [1.54, 1.807) is 0 Å². The molecule has 2 aliphatic rings. The van der Waals surface area contributed by atoms with Crippen molar-refractivity contribution in [3.63, 3.8) is 0 Å². The first kappa shape index (κ1) is 16.1. The molecule has 4 atom stereocenters. The first-order valence-corrected chi connectivity index (χ1v) is 8.12. The molecule has 1 aliphatic heterocycles. The average Bonchev–Trinajstić information content (AvgIpc) is 2.92. The monoisotopic (exact) mass is 384 g/mol. The van der Waals surface area contributed by atoms with Gasteiger partial charge in [0.15, 0.2) is 0 Å². The number of anilines is 1. The maximum absolute atomic E-state index is 11.5. The van der Waals surface area contributed by atoms with Crippen LogP contribution in [0.2, 0.25) is 0 Å². The SMILES string of the molecule is NC(=O)C1NNC2CCC(Nc3ncc([N+](=O)[O-])cc3Br)CC21. The van der Waals surface area contributed by atoms with Crippen molar-refractivity contribution < 1.29 is 9.72 Å². The number of hydrogen-bond donors (Lipinski definition) is 4. The highest BCUT2D eigenvalue weighted by atomic mass is 79.9. The molecule has 1 aromatic heterocycles. The Morgan fingerprint density at radius 2 is 2.26 bits per heavy atom. The number of fused-ring (bicyclic) bond motifs is 1. The Labute approximate surface area is 140 Å². The van der Waals surface area contributed by atoms with Crippen LogP contribution in [0, 0.1) is 16.0 Å². The van der Waals surface area contributed by atoms with Gasteiger partial charge in [-0.3, -0.25) is 20.3 Å². The maximum Gasteiger partial charge on any atom is 0.288 e. The first-order valence-electron chi connectivity index (χ1n) is 7.32. The Kier molecular flexibility index (Phi) is 4.46. The molecule has 3 rings (SSSR count). The summed E-state index contributed by atoms with van der Waals surface area (Å²) in [6.07, 6.45) is 3.81. The number of hydrogen-bond acceptors (Lipinski definition) is 7. The minimum Gasteiger partial charge on any atom is -0.368 e.